The lowest BCUT2D eigenvalue weighted by atomic mass is 9.93. The molecule has 8 nitrogen and oxygen atoms in total. The van der Waals surface area contributed by atoms with Crippen molar-refractivity contribution in [3.63, 3.8) is 0 Å². The van der Waals surface area contributed by atoms with E-state index in [1.807, 2.05) is 0 Å². The van der Waals surface area contributed by atoms with Crippen LogP contribution in [0.4, 0.5) is 5.69 Å². The molecule has 0 aliphatic carbocycles. The van der Waals surface area contributed by atoms with Crippen LogP contribution in [0.5, 0.6) is 0 Å². The molecule has 1 aliphatic heterocycles. The zero-order valence-corrected chi connectivity index (χ0v) is 11.0. The maximum absolute atomic E-state index is 12.4. The van der Waals surface area contributed by atoms with Crippen molar-refractivity contribution in [1.82, 2.24) is 9.88 Å². The number of hydrogen-bond donors (Lipinski definition) is 2. The summed E-state index contributed by atoms with van der Waals surface area (Å²) in [5.74, 6) is -1.55. The Morgan fingerprint density at radius 3 is 2.80 bits per heavy atom. The number of nitrogens with one attached hydrogen (secondary N) is 1. The lowest BCUT2D eigenvalue weighted by Gasteiger charge is -2.33. The van der Waals surface area contributed by atoms with Crippen molar-refractivity contribution < 1.29 is 19.6 Å². The monoisotopic (exact) mass is 281 g/mol. The fourth-order valence-electron chi connectivity index (χ4n) is 2.67. The summed E-state index contributed by atoms with van der Waals surface area (Å²) < 4.78 is 0. The van der Waals surface area contributed by atoms with Crippen molar-refractivity contribution in [2.24, 2.45) is 0 Å². The number of nitrogens with zero attached hydrogens (tertiary/aromatic N) is 2. The van der Waals surface area contributed by atoms with Gasteiger partial charge in [-0.1, -0.05) is 6.92 Å². The number of amides is 1. The Labute approximate surface area is 114 Å². The summed E-state index contributed by atoms with van der Waals surface area (Å²) in [6.07, 6.45) is 2.43. The average molecular weight is 281 g/mol. The smallest absolute Gasteiger partial charge is 0.329 e. The van der Waals surface area contributed by atoms with Gasteiger partial charge in [-0.2, -0.15) is 0 Å². The second-order valence-electron chi connectivity index (χ2n) is 4.78. The summed E-state index contributed by atoms with van der Waals surface area (Å²) in [6, 6.07) is 1.13. The van der Waals surface area contributed by atoms with Gasteiger partial charge in [0.1, 0.15) is 11.2 Å². The van der Waals surface area contributed by atoms with Gasteiger partial charge < -0.3 is 15.0 Å². The van der Waals surface area contributed by atoms with Crippen LogP contribution in [0.2, 0.25) is 0 Å². The Kier molecular flexibility index (Phi) is 3.47. The fraction of sp³-hybridized carbons (Fsp3) is 0.500. The van der Waals surface area contributed by atoms with E-state index in [1.54, 1.807) is 6.92 Å². The maximum Gasteiger partial charge on any atom is 0.329 e. The van der Waals surface area contributed by atoms with Gasteiger partial charge >= 0.3 is 5.97 Å². The molecular formula is C12H15N3O5. The van der Waals surface area contributed by atoms with E-state index in [0.29, 0.717) is 25.8 Å². The number of H-pyrrole nitrogens is 1. The lowest BCUT2D eigenvalue weighted by molar-refractivity contribution is -0.384. The highest BCUT2D eigenvalue weighted by Gasteiger charge is 2.49. The van der Waals surface area contributed by atoms with Crippen LogP contribution < -0.4 is 0 Å². The maximum atomic E-state index is 12.4. The molecule has 1 fully saturated rings. The third kappa shape index (κ3) is 2.02. The molecule has 0 spiro atoms. The van der Waals surface area contributed by atoms with E-state index in [4.69, 9.17) is 0 Å². The molecule has 8 heteroatoms. The lowest BCUT2D eigenvalue weighted by Crippen LogP contribution is -2.52. The number of carboxylic acids is 1. The highest BCUT2D eigenvalue weighted by Crippen LogP contribution is 2.34. The van der Waals surface area contributed by atoms with Gasteiger partial charge in [0.05, 0.1) is 11.1 Å². The molecule has 0 radical (unpaired) electrons. The summed E-state index contributed by atoms with van der Waals surface area (Å²) in [5, 5.41) is 20.0. The van der Waals surface area contributed by atoms with E-state index in [2.05, 4.69) is 4.98 Å². The number of carboxylic acid groups (broad SMARTS) is 1. The largest absolute Gasteiger partial charge is 0.479 e. The number of rotatable bonds is 4. The van der Waals surface area contributed by atoms with Gasteiger partial charge in [-0.25, -0.2) is 4.79 Å². The number of aromatic amines is 1. The van der Waals surface area contributed by atoms with E-state index < -0.39 is 22.3 Å². The van der Waals surface area contributed by atoms with E-state index in [0.717, 1.165) is 12.3 Å². The quantitative estimate of drug-likeness (QED) is 0.639. The minimum Gasteiger partial charge on any atom is -0.479 e. The van der Waals surface area contributed by atoms with Crippen molar-refractivity contribution in [2.75, 3.05) is 6.54 Å². The first-order valence-corrected chi connectivity index (χ1v) is 6.30. The number of hydrogen-bond acceptors (Lipinski definition) is 4. The average Bonchev–Trinajstić information content (AvgIpc) is 3.05. The zero-order chi connectivity index (χ0) is 14.9. The van der Waals surface area contributed by atoms with Crippen LogP contribution in [0.3, 0.4) is 0 Å². The van der Waals surface area contributed by atoms with Gasteiger partial charge in [-0.05, 0) is 19.3 Å². The van der Waals surface area contributed by atoms with Gasteiger partial charge in [0, 0.05) is 12.6 Å². The summed E-state index contributed by atoms with van der Waals surface area (Å²) in [4.78, 5) is 37.7. The summed E-state index contributed by atoms with van der Waals surface area (Å²) in [7, 11) is 0. The summed E-state index contributed by atoms with van der Waals surface area (Å²) in [5.41, 5.74) is -1.39. The van der Waals surface area contributed by atoms with Crippen LogP contribution in [0.25, 0.3) is 0 Å². The first-order valence-electron chi connectivity index (χ1n) is 6.30. The van der Waals surface area contributed by atoms with E-state index in [9.17, 15) is 24.8 Å². The molecule has 1 atom stereocenters. The molecule has 108 valence electrons. The van der Waals surface area contributed by atoms with E-state index in [1.165, 1.54) is 4.90 Å². The number of nitro groups is 1. The van der Waals surface area contributed by atoms with Crippen molar-refractivity contribution in [1.29, 1.82) is 0 Å². The van der Waals surface area contributed by atoms with Crippen LogP contribution in [0.1, 0.15) is 36.7 Å². The molecule has 20 heavy (non-hydrogen) atoms. The second kappa shape index (κ2) is 4.95. The topological polar surface area (TPSA) is 117 Å². The fourth-order valence-corrected chi connectivity index (χ4v) is 2.67. The van der Waals surface area contributed by atoms with Crippen LogP contribution in [-0.2, 0) is 4.79 Å². The second-order valence-corrected chi connectivity index (χ2v) is 4.78. The molecule has 1 unspecified atom stereocenters. The molecule has 0 saturated carbocycles. The van der Waals surface area contributed by atoms with Crippen molar-refractivity contribution in [3.8, 4) is 0 Å². The number of carbonyl (C=O) groups is 2. The molecule has 1 aromatic heterocycles. The number of carbonyl (C=O) groups excluding carboxylic acids is 1. The highest BCUT2D eigenvalue weighted by atomic mass is 16.6. The molecule has 2 heterocycles. The Balaban J connectivity index is 2.31. The standard InChI is InChI=1S/C12H15N3O5/c1-2-12(11(17)18)4-3-5-14(12)10(16)9-6-8(7-13-9)15(19)20/h6-7,13H,2-5H2,1H3,(H,17,18). The molecule has 1 aromatic rings. The zero-order valence-electron chi connectivity index (χ0n) is 11.0. The van der Waals surface area contributed by atoms with Gasteiger partial charge in [0.2, 0.25) is 0 Å². The van der Waals surface area contributed by atoms with Crippen molar-refractivity contribution in [2.45, 2.75) is 31.7 Å². The number of aromatic nitrogens is 1. The molecule has 1 amide bonds. The molecule has 1 aliphatic rings. The predicted octanol–water partition coefficient (Wildman–Crippen LogP) is 1.39. The van der Waals surface area contributed by atoms with Gasteiger partial charge in [0.25, 0.3) is 11.6 Å². The van der Waals surface area contributed by atoms with Gasteiger partial charge in [-0.3, -0.25) is 14.9 Å². The molecule has 0 aromatic carbocycles. The predicted molar refractivity (Wildman–Crippen MR) is 68.4 cm³/mol. The number of likely N-dealkylation sites (tertiary alicyclic amines) is 1. The molecular weight excluding hydrogens is 266 g/mol. The third-order valence-electron chi connectivity index (χ3n) is 3.83. The van der Waals surface area contributed by atoms with Gasteiger partial charge in [-0.15, -0.1) is 0 Å². The van der Waals surface area contributed by atoms with Crippen LogP contribution in [0.15, 0.2) is 12.3 Å². The molecule has 0 bridgehead atoms. The van der Waals surface area contributed by atoms with Crippen LogP contribution in [0, 0.1) is 10.1 Å². The minimum absolute atomic E-state index is 0.0395. The van der Waals surface area contributed by atoms with Gasteiger partial charge in [0.15, 0.2) is 0 Å². The first kappa shape index (κ1) is 14.0. The van der Waals surface area contributed by atoms with Crippen molar-refractivity contribution in [3.05, 3.63) is 28.1 Å². The molecule has 2 rings (SSSR count). The summed E-state index contributed by atoms with van der Waals surface area (Å²) in [6.45, 7) is 2.06. The highest BCUT2D eigenvalue weighted by molar-refractivity contribution is 5.97. The Morgan fingerprint density at radius 1 is 1.60 bits per heavy atom. The molecule has 1 saturated heterocycles. The van der Waals surface area contributed by atoms with Crippen LogP contribution in [-0.4, -0.2) is 43.9 Å². The Bertz CT molecular complexity index is 567. The van der Waals surface area contributed by atoms with E-state index >= 15 is 0 Å². The normalized spacial score (nSPS) is 21.9. The van der Waals surface area contributed by atoms with Crippen LogP contribution >= 0.6 is 0 Å². The third-order valence-corrected chi connectivity index (χ3v) is 3.83. The first-order chi connectivity index (χ1) is 9.42. The summed E-state index contributed by atoms with van der Waals surface area (Å²) >= 11 is 0. The number of aliphatic carboxylic acids is 1. The SMILES string of the molecule is CCC1(C(=O)O)CCCN1C(=O)c1cc([N+](=O)[O-])c[nH]1. The Hall–Kier alpha value is -2.38. The van der Waals surface area contributed by atoms with Crippen molar-refractivity contribution >= 4 is 17.6 Å². The Morgan fingerprint density at radius 2 is 2.30 bits per heavy atom. The minimum atomic E-state index is -1.21. The molecule has 2 N–H and O–H groups in total. The van der Waals surface area contributed by atoms with E-state index in [-0.39, 0.29) is 11.4 Å².